The number of esters is 1. The van der Waals surface area contributed by atoms with Gasteiger partial charge in [0.2, 0.25) is 5.91 Å². The third-order valence-electron chi connectivity index (χ3n) is 2.33. The van der Waals surface area contributed by atoms with Crippen LogP contribution < -0.4 is 10.1 Å². The fourth-order valence-corrected chi connectivity index (χ4v) is 2.55. The number of carbonyl (C=O) groups excluding carboxylic acids is 2. The Morgan fingerprint density at radius 2 is 2.05 bits per heavy atom. The molecule has 0 aliphatic carbocycles. The summed E-state index contributed by atoms with van der Waals surface area (Å²) in [5, 5.41) is 2.83. The summed E-state index contributed by atoms with van der Waals surface area (Å²) in [5.74, 6) is -0.407. The average Bonchev–Trinajstić information content (AvgIpc) is 2.80. The Balaban J connectivity index is 2.26. The number of methoxy groups -OCH3 is 1. The van der Waals surface area contributed by atoms with E-state index in [4.69, 9.17) is 16.3 Å². The monoisotopic (exact) mass is 326 g/mol. The first-order chi connectivity index (χ1) is 10.0. The summed E-state index contributed by atoms with van der Waals surface area (Å²) in [6.45, 7) is 1.40. The molecule has 0 saturated heterocycles. The van der Waals surface area contributed by atoms with Gasteiger partial charge >= 0.3 is 5.97 Å². The van der Waals surface area contributed by atoms with Gasteiger partial charge in [-0.2, -0.15) is 4.98 Å². The van der Waals surface area contributed by atoms with E-state index in [1.54, 1.807) is 24.3 Å². The van der Waals surface area contributed by atoms with Gasteiger partial charge in [-0.15, -0.1) is 0 Å². The molecule has 1 amide bonds. The number of carbonyl (C=O) groups is 2. The van der Waals surface area contributed by atoms with Crippen molar-refractivity contribution < 1.29 is 19.1 Å². The molecule has 0 fully saturated rings. The zero-order chi connectivity index (χ0) is 15.4. The van der Waals surface area contributed by atoms with E-state index in [2.05, 4.69) is 15.0 Å². The summed E-state index contributed by atoms with van der Waals surface area (Å²) in [5.41, 5.74) is 0.496. The van der Waals surface area contributed by atoms with Crippen LogP contribution in [-0.4, -0.2) is 24.0 Å². The molecule has 0 aliphatic rings. The van der Waals surface area contributed by atoms with Crippen LogP contribution in [0.15, 0.2) is 24.3 Å². The number of para-hydroxylation sites is 2. The Hall–Kier alpha value is -2.12. The summed E-state index contributed by atoms with van der Waals surface area (Å²) < 4.78 is 10.2. The second-order valence-corrected chi connectivity index (χ2v) is 5.19. The van der Waals surface area contributed by atoms with Crippen LogP contribution >= 0.6 is 22.9 Å². The second kappa shape index (κ2) is 6.55. The normalized spacial score (nSPS) is 10.0. The number of ether oxygens (including phenoxy) is 2. The van der Waals surface area contributed by atoms with E-state index in [-0.39, 0.29) is 21.1 Å². The van der Waals surface area contributed by atoms with Gasteiger partial charge in [0.1, 0.15) is 0 Å². The van der Waals surface area contributed by atoms with Crippen molar-refractivity contribution in [3.63, 3.8) is 0 Å². The second-order valence-electron chi connectivity index (χ2n) is 3.87. The maximum Gasteiger partial charge on any atom is 0.351 e. The van der Waals surface area contributed by atoms with Crippen LogP contribution in [0.4, 0.5) is 5.69 Å². The molecule has 1 N–H and O–H groups in total. The summed E-state index contributed by atoms with van der Waals surface area (Å²) in [4.78, 5) is 26.7. The first kappa shape index (κ1) is 15.3. The van der Waals surface area contributed by atoms with Crippen LogP contribution in [0.5, 0.6) is 10.9 Å². The third kappa shape index (κ3) is 3.71. The highest BCUT2D eigenvalue weighted by atomic mass is 35.5. The van der Waals surface area contributed by atoms with Crippen molar-refractivity contribution in [2.75, 3.05) is 12.4 Å². The van der Waals surface area contributed by atoms with Gasteiger partial charge in [0.15, 0.2) is 15.8 Å². The van der Waals surface area contributed by atoms with Crippen molar-refractivity contribution in [2.24, 2.45) is 0 Å². The van der Waals surface area contributed by atoms with Gasteiger partial charge in [-0.3, -0.25) is 4.79 Å². The lowest BCUT2D eigenvalue weighted by Gasteiger charge is -2.08. The molecule has 110 valence electrons. The quantitative estimate of drug-likeness (QED) is 0.872. The molecular formula is C13H11ClN2O4S. The number of nitrogens with one attached hydrogen (secondary N) is 1. The highest BCUT2D eigenvalue weighted by Crippen LogP contribution is 2.35. The first-order valence-electron chi connectivity index (χ1n) is 5.80. The minimum atomic E-state index is -0.581. The number of rotatable bonds is 4. The molecule has 1 heterocycles. The summed E-state index contributed by atoms with van der Waals surface area (Å²) in [6.07, 6.45) is 0. The predicted octanol–water partition coefficient (Wildman–Crippen LogP) is 3.33. The Bertz CT molecular complexity index is 687. The van der Waals surface area contributed by atoms with Crippen molar-refractivity contribution in [1.82, 2.24) is 4.98 Å². The Morgan fingerprint density at radius 1 is 1.33 bits per heavy atom. The SMILES string of the molecule is COC(=O)c1sc(Oc2ccccc2NC(C)=O)nc1Cl. The number of hydrogen-bond acceptors (Lipinski definition) is 6. The van der Waals surface area contributed by atoms with E-state index < -0.39 is 5.97 Å². The van der Waals surface area contributed by atoms with Crippen LogP contribution in [0.1, 0.15) is 16.6 Å². The first-order valence-corrected chi connectivity index (χ1v) is 7.00. The zero-order valence-electron chi connectivity index (χ0n) is 11.2. The number of hydrogen-bond donors (Lipinski definition) is 1. The number of amides is 1. The number of aromatic nitrogens is 1. The zero-order valence-corrected chi connectivity index (χ0v) is 12.7. The van der Waals surface area contributed by atoms with Gasteiger partial charge in [-0.05, 0) is 12.1 Å². The third-order valence-corrected chi connectivity index (χ3v) is 3.63. The Morgan fingerprint density at radius 3 is 2.71 bits per heavy atom. The van der Waals surface area contributed by atoms with E-state index in [9.17, 15) is 9.59 Å². The molecule has 0 unspecified atom stereocenters. The summed E-state index contributed by atoms with van der Waals surface area (Å²) in [6, 6.07) is 6.86. The van der Waals surface area contributed by atoms with Crippen LogP contribution in [0, 0.1) is 0 Å². The van der Waals surface area contributed by atoms with Crippen molar-refractivity contribution in [3.05, 3.63) is 34.3 Å². The molecule has 0 radical (unpaired) electrons. The van der Waals surface area contributed by atoms with Gasteiger partial charge < -0.3 is 14.8 Å². The van der Waals surface area contributed by atoms with Crippen molar-refractivity contribution in [3.8, 4) is 10.9 Å². The molecule has 0 aliphatic heterocycles. The van der Waals surface area contributed by atoms with E-state index in [0.717, 1.165) is 11.3 Å². The number of thiazole rings is 1. The summed E-state index contributed by atoms with van der Waals surface area (Å²) in [7, 11) is 1.25. The van der Waals surface area contributed by atoms with E-state index in [0.29, 0.717) is 11.4 Å². The highest BCUT2D eigenvalue weighted by molar-refractivity contribution is 7.15. The molecule has 8 heteroatoms. The number of halogens is 1. The van der Waals surface area contributed by atoms with Crippen LogP contribution in [-0.2, 0) is 9.53 Å². The molecule has 2 rings (SSSR count). The van der Waals surface area contributed by atoms with E-state index in [1.807, 2.05) is 0 Å². The molecule has 21 heavy (non-hydrogen) atoms. The van der Waals surface area contributed by atoms with Gasteiger partial charge in [0.05, 0.1) is 12.8 Å². The molecular weight excluding hydrogens is 316 g/mol. The van der Waals surface area contributed by atoms with Gasteiger partial charge in [0, 0.05) is 6.92 Å². The average molecular weight is 327 g/mol. The minimum Gasteiger partial charge on any atom is -0.465 e. The van der Waals surface area contributed by atoms with Crippen LogP contribution in [0.3, 0.4) is 0 Å². The van der Waals surface area contributed by atoms with E-state index >= 15 is 0 Å². The maximum atomic E-state index is 11.5. The lowest BCUT2D eigenvalue weighted by atomic mass is 10.3. The molecule has 6 nitrogen and oxygen atoms in total. The lowest BCUT2D eigenvalue weighted by molar-refractivity contribution is -0.114. The van der Waals surface area contributed by atoms with E-state index in [1.165, 1.54) is 14.0 Å². The molecule has 1 aromatic carbocycles. The van der Waals surface area contributed by atoms with Crippen molar-refractivity contribution >= 4 is 40.5 Å². The summed E-state index contributed by atoms with van der Waals surface area (Å²) >= 11 is 6.82. The smallest absolute Gasteiger partial charge is 0.351 e. The minimum absolute atomic E-state index is 0.0128. The highest BCUT2D eigenvalue weighted by Gasteiger charge is 2.19. The van der Waals surface area contributed by atoms with Gasteiger partial charge in [-0.1, -0.05) is 35.1 Å². The molecule has 0 saturated carbocycles. The molecule has 1 aromatic heterocycles. The Kier molecular flexibility index (Phi) is 4.77. The maximum absolute atomic E-state index is 11.5. The number of benzene rings is 1. The number of anilines is 1. The van der Waals surface area contributed by atoms with Gasteiger partial charge in [0.25, 0.3) is 5.19 Å². The molecule has 0 atom stereocenters. The number of nitrogens with zero attached hydrogens (tertiary/aromatic N) is 1. The van der Waals surface area contributed by atoms with Gasteiger partial charge in [-0.25, -0.2) is 4.79 Å². The predicted molar refractivity (Wildman–Crippen MR) is 79.3 cm³/mol. The van der Waals surface area contributed by atoms with Crippen molar-refractivity contribution in [1.29, 1.82) is 0 Å². The fourth-order valence-electron chi connectivity index (χ4n) is 1.49. The molecule has 2 aromatic rings. The largest absolute Gasteiger partial charge is 0.465 e. The fraction of sp³-hybridized carbons (Fsp3) is 0.154. The van der Waals surface area contributed by atoms with Crippen molar-refractivity contribution in [2.45, 2.75) is 6.92 Å². The van der Waals surface area contributed by atoms with Crippen LogP contribution in [0.25, 0.3) is 0 Å². The lowest BCUT2D eigenvalue weighted by Crippen LogP contribution is -2.06. The standard InChI is InChI=1S/C13H11ClN2O4S/c1-7(17)15-8-5-3-4-6-9(8)20-13-16-11(14)10(21-13)12(18)19-2/h3-6H,1-2H3,(H,15,17). The Labute approximate surface area is 129 Å². The van der Waals surface area contributed by atoms with Crippen LogP contribution in [0.2, 0.25) is 5.15 Å². The topological polar surface area (TPSA) is 77.5 Å². The molecule has 0 bridgehead atoms. The molecule has 0 spiro atoms.